The van der Waals surface area contributed by atoms with Crippen LogP contribution < -0.4 is 0 Å². The quantitative estimate of drug-likeness (QED) is 0.696. The Morgan fingerprint density at radius 2 is 2.18 bits per heavy atom. The summed E-state index contributed by atoms with van der Waals surface area (Å²) in [6, 6.07) is 8.26. The van der Waals surface area contributed by atoms with Crippen molar-refractivity contribution in [2.24, 2.45) is 7.05 Å². The van der Waals surface area contributed by atoms with Crippen LogP contribution >= 0.6 is 15.9 Å². The maximum Gasteiger partial charge on any atom is 0.150 e. The lowest BCUT2D eigenvalue weighted by Crippen LogP contribution is -2.19. The van der Waals surface area contributed by atoms with Crippen LogP contribution in [0.15, 0.2) is 34.9 Å². The first-order valence-corrected chi connectivity index (χ1v) is 8.31. The first kappa shape index (κ1) is 14.0. The zero-order chi connectivity index (χ0) is 15.1. The molecule has 1 aromatic carbocycles. The molecule has 1 atom stereocenters. The van der Waals surface area contributed by atoms with E-state index >= 15 is 0 Å². The highest BCUT2D eigenvalue weighted by Gasteiger charge is 2.22. The Balaban J connectivity index is 1.93. The number of benzene rings is 1. The van der Waals surface area contributed by atoms with E-state index in [1.54, 1.807) is 6.20 Å². The number of rotatable bonds is 2. The van der Waals surface area contributed by atoms with Gasteiger partial charge in [0.15, 0.2) is 6.23 Å². The van der Waals surface area contributed by atoms with Gasteiger partial charge in [-0.25, -0.2) is 4.68 Å². The average Bonchev–Trinajstić information content (AvgIpc) is 3.11. The average molecular weight is 361 g/mol. The molecule has 2 aromatic heterocycles. The largest absolute Gasteiger partial charge is 0.356 e. The number of halogens is 1. The fraction of sp³-hybridized carbons (Fsp3) is 0.375. The molecule has 0 spiro atoms. The van der Waals surface area contributed by atoms with Gasteiger partial charge in [0.05, 0.1) is 11.2 Å². The standard InChI is InChI=1S/C16H17BrN4O/c1-20-14(7-8-18-20)16-12-10-11(17)5-6-13(12)21(19-16)15-4-2-3-9-22-15/h5-8,10,15H,2-4,9H2,1H3. The summed E-state index contributed by atoms with van der Waals surface area (Å²) >= 11 is 3.56. The summed E-state index contributed by atoms with van der Waals surface area (Å²) in [5.74, 6) is 0. The summed E-state index contributed by atoms with van der Waals surface area (Å²) in [5.41, 5.74) is 3.06. The number of hydrogen-bond donors (Lipinski definition) is 0. The number of fused-ring (bicyclic) bond motifs is 1. The Hall–Kier alpha value is -1.66. The molecule has 1 fully saturated rings. The predicted molar refractivity (Wildman–Crippen MR) is 88.5 cm³/mol. The summed E-state index contributed by atoms with van der Waals surface area (Å²) < 4.78 is 10.9. The lowest BCUT2D eigenvalue weighted by atomic mass is 10.1. The molecule has 22 heavy (non-hydrogen) atoms. The summed E-state index contributed by atoms with van der Waals surface area (Å²) in [7, 11) is 1.94. The Morgan fingerprint density at radius 3 is 2.91 bits per heavy atom. The third kappa shape index (κ3) is 2.27. The van der Waals surface area contributed by atoms with Crippen LogP contribution in [0.2, 0.25) is 0 Å². The van der Waals surface area contributed by atoms with Crippen LogP contribution in [0.4, 0.5) is 0 Å². The van der Waals surface area contributed by atoms with E-state index in [-0.39, 0.29) is 6.23 Å². The maximum atomic E-state index is 5.93. The Kier molecular flexibility index (Phi) is 3.50. The molecule has 1 aliphatic heterocycles. The molecule has 3 aromatic rings. The molecule has 1 saturated heterocycles. The summed E-state index contributed by atoms with van der Waals surface area (Å²) in [4.78, 5) is 0. The summed E-state index contributed by atoms with van der Waals surface area (Å²) in [6.45, 7) is 0.809. The van der Waals surface area contributed by atoms with E-state index in [1.165, 1.54) is 6.42 Å². The third-order valence-electron chi connectivity index (χ3n) is 4.16. The van der Waals surface area contributed by atoms with Gasteiger partial charge in [-0.1, -0.05) is 15.9 Å². The van der Waals surface area contributed by atoms with Crippen LogP contribution in [-0.2, 0) is 11.8 Å². The van der Waals surface area contributed by atoms with Crippen molar-refractivity contribution in [3.63, 3.8) is 0 Å². The lowest BCUT2D eigenvalue weighted by Gasteiger charge is -2.23. The second-order valence-electron chi connectivity index (χ2n) is 5.62. The fourth-order valence-corrected chi connectivity index (χ4v) is 3.41. The lowest BCUT2D eigenvalue weighted by molar-refractivity contribution is -0.0365. The topological polar surface area (TPSA) is 44.9 Å². The van der Waals surface area contributed by atoms with Gasteiger partial charge < -0.3 is 4.74 Å². The monoisotopic (exact) mass is 360 g/mol. The third-order valence-corrected chi connectivity index (χ3v) is 4.65. The Labute approximate surface area is 137 Å². The Morgan fingerprint density at radius 1 is 1.27 bits per heavy atom. The number of nitrogens with zero attached hydrogens (tertiary/aromatic N) is 4. The first-order chi connectivity index (χ1) is 10.7. The van der Waals surface area contributed by atoms with E-state index in [9.17, 15) is 0 Å². The highest BCUT2D eigenvalue weighted by molar-refractivity contribution is 9.10. The van der Waals surface area contributed by atoms with Gasteiger partial charge in [-0.3, -0.25) is 4.68 Å². The van der Waals surface area contributed by atoms with Crippen LogP contribution in [-0.4, -0.2) is 26.2 Å². The van der Waals surface area contributed by atoms with Crippen molar-refractivity contribution in [1.82, 2.24) is 19.6 Å². The number of aromatic nitrogens is 4. The van der Waals surface area contributed by atoms with Gasteiger partial charge in [-0.05, 0) is 43.5 Å². The minimum atomic E-state index is 0.0272. The molecular formula is C16H17BrN4O. The summed E-state index contributed by atoms with van der Waals surface area (Å²) in [6.07, 6.45) is 5.16. The van der Waals surface area contributed by atoms with Crippen molar-refractivity contribution < 1.29 is 4.74 Å². The van der Waals surface area contributed by atoms with Crippen molar-refractivity contribution in [1.29, 1.82) is 0 Å². The van der Waals surface area contributed by atoms with Crippen LogP contribution in [0.1, 0.15) is 25.5 Å². The molecule has 0 radical (unpaired) electrons. The fourth-order valence-electron chi connectivity index (χ4n) is 3.04. The number of hydrogen-bond acceptors (Lipinski definition) is 3. The van der Waals surface area contributed by atoms with Gasteiger partial charge in [0.25, 0.3) is 0 Å². The van der Waals surface area contributed by atoms with E-state index in [0.717, 1.165) is 46.2 Å². The van der Waals surface area contributed by atoms with Gasteiger partial charge in [0, 0.05) is 29.7 Å². The van der Waals surface area contributed by atoms with E-state index in [1.807, 2.05) is 22.5 Å². The minimum Gasteiger partial charge on any atom is -0.356 e. The zero-order valence-electron chi connectivity index (χ0n) is 12.4. The molecule has 0 saturated carbocycles. The molecule has 0 N–H and O–H groups in total. The second kappa shape index (κ2) is 5.52. The van der Waals surface area contributed by atoms with Gasteiger partial charge in [-0.15, -0.1) is 0 Å². The van der Waals surface area contributed by atoms with E-state index in [4.69, 9.17) is 9.84 Å². The molecule has 114 valence electrons. The smallest absolute Gasteiger partial charge is 0.150 e. The first-order valence-electron chi connectivity index (χ1n) is 7.52. The van der Waals surface area contributed by atoms with Crippen LogP contribution in [0.5, 0.6) is 0 Å². The molecule has 1 aliphatic rings. The number of ether oxygens (including phenoxy) is 1. The molecule has 0 aliphatic carbocycles. The molecule has 4 rings (SSSR count). The van der Waals surface area contributed by atoms with Crippen LogP contribution in [0, 0.1) is 0 Å². The molecule has 6 heteroatoms. The van der Waals surface area contributed by atoms with Gasteiger partial charge >= 0.3 is 0 Å². The molecule has 5 nitrogen and oxygen atoms in total. The van der Waals surface area contributed by atoms with E-state index in [2.05, 4.69) is 39.2 Å². The van der Waals surface area contributed by atoms with E-state index in [0.29, 0.717) is 0 Å². The SMILES string of the molecule is Cn1nccc1-c1nn(C2CCCCO2)c2ccc(Br)cc12. The molecule has 0 amide bonds. The van der Waals surface area contributed by atoms with Crippen molar-refractivity contribution in [3.05, 3.63) is 34.9 Å². The van der Waals surface area contributed by atoms with Crippen LogP contribution in [0.25, 0.3) is 22.3 Å². The van der Waals surface area contributed by atoms with Crippen molar-refractivity contribution in [2.45, 2.75) is 25.5 Å². The normalized spacial score (nSPS) is 18.9. The second-order valence-corrected chi connectivity index (χ2v) is 6.53. The van der Waals surface area contributed by atoms with Crippen LogP contribution in [0.3, 0.4) is 0 Å². The highest BCUT2D eigenvalue weighted by atomic mass is 79.9. The van der Waals surface area contributed by atoms with Crippen molar-refractivity contribution in [2.75, 3.05) is 6.61 Å². The minimum absolute atomic E-state index is 0.0272. The van der Waals surface area contributed by atoms with Crippen molar-refractivity contribution in [3.8, 4) is 11.4 Å². The van der Waals surface area contributed by atoms with Gasteiger partial charge in [0.1, 0.15) is 5.69 Å². The highest BCUT2D eigenvalue weighted by Crippen LogP contribution is 2.33. The zero-order valence-corrected chi connectivity index (χ0v) is 14.0. The molecule has 3 heterocycles. The van der Waals surface area contributed by atoms with E-state index < -0.39 is 0 Å². The number of aryl methyl sites for hydroxylation is 1. The predicted octanol–water partition coefficient (Wildman–Crippen LogP) is 3.90. The molecule has 0 bridgehead atoms. The van der Waals surface area contributed by atoms with Gasteiger partial charge in [-0.2, -0.15) is 10.2 Å². The maximum absolute atomic E-state index is 5.93. The van der Waals surface area contributed by atoms with Gasteiger partial charge in [0.2, 0.25) is 0 Å². The molecule has 1 unspecified atom stereocenters. The molecular weight excluding hydrogens is 344 g/mol. The van der Waals surface area contributed by atoms with Crippen molar-refractivity contribution >= 4 is 26.8 Å². The summed E-state index contributed by atoms with van der Waals surface area (Å²) in [5, 5.41) is 10.3. The Bertz CT molecular complexity index is 817.